The number of carbonyl (C=O) groups is 6. The average Bonchev–Trinajstić information content (AvgIpc) is 3.84. The molecule has 2 aromatic rings. The Bertz CT molecular complexity index is 1330. The minimum Gasteiger partial charge on any atom is -0.548 e. The topological polar surface area (TPSA) is 399 Å². The van der Waals surface area contributed by atoms with Crippen LogP contribution in [0.25, 0.3) is 0 Å². The summed E-state index contributed by atoms with van der Waals surface area (Å²) in [5.41, 5.74) is 23.0. The molecule has 23 heteroatoms. The van der Waals surface area contributed by atoms with Crippen molar-refractivity contribution in [2.75, 3.05) is 13.1 Å². The van der Waals surface area contributed by atoms with E-state index in [1.807, 2.05) is 0 Å². The molecule has 0 unspecified atom stereocenters. The minimum atomic E-state index is -1.42. The summed E-state index contributed by atoms with van der Waals surface area (Å²) in [4.78, 5) is 85.2. The van der Waals surface area contributed by atoms with E-state index in [9.17, 15) is 49.2 Å². The number of aliphatic carboxylic acids is 2. The van der Waals surface area contributed by atoms with E-state index in [4.69, 9.17) is 22.9 Å². The molecule has 2 heterocycles. The fourth-order valence-electron chi connectivity index (χ4n) is 4.65. The van der Waals surface area contributed by atoms with Crippen molar-refractivity contribution in [3.05, 3.63) is 36.4 Å². The van der Waals surface area contributed by atoms with Gasteiger partial charge < -0.3 is 84.2 Å². The second-order valence-electron chi connectivity index (χ2n) is 12.5. The smallest absolute Gasteiger partial charge is 0.548 e. The third-order valence-electron chi connectivity index (χ3n) is 7.96. The number of nitrogens with one attached hydrogen (secondary N) is 6. The Kier molecular flexibility index (Phi) is 24.9. The number of nitrogens with two attached hydrogens (primary N) is 4. The van der Waals surface area contributed by atoms with Gasteiger partial charge in [0.05, 0.1) is 48.9 Å². The van der Waals surface area contributed by atoms with Gasteiger partial charge in [0.25, 0.3) is 0 Å². The summed E-state index contributed by atoms with van der Waals surface area (Å²) in [6.07, 6.45) is 6.12. The van der Waals surface area contributed by atoms with Gasteiger partial charge in [0.2, 0.25) is 23.6 Å². The number of aromatic nitrogens is 4. The predicted octanol–water partition coefficient (Wildman–Crippen LogP) is -6.98. The van der Waals surface area contributed by atoms with Crippen LogP contribution in [-0.2, 0) is 58.7 Å². The molecule has 0 aliphatic heterocycles. The molecule has 309 valence electrons. The van der Waals surface area contributed by atoms with Gasteiger partial charge in [-0.3, -0.25) is 19.2 Å². The maximum absolute atomic E-state index is 12.6. The summed E-state index contributed by atoms with van der Waals surface area (Å²) in [6.45, 7) is 3.50. The zero-order valence-electron chi connectivity index (χ0n) is 30.7. The third kappa shape index (κ3) is 19.6. The predicted molar refractivity (Wildman–Crippen MR) is 187 cm³/mol. The van der Waals surface area contributed by atoms with E-state index in [0.29, 0.717) is 50.2 Å². The second-order valence-corrected chi connectivity index (χ2v) is 12.5. The van der Waals surface area contributed by atoms with Crippen LogP contribution in [0, 0.1) is 0 Å². The van der Waals surface area contributed by atoms with E-state index in [-0.39, 0.29) is 42.8 Å². The molecule has 55 heavy (non-hydrogen) atoms. The molecule has 0 aromatic carbocycles. The average molecular weight is 822 g/mol. The Balaban J connectivity index is 0.00000104. The van der Waals surface area contributed by atoms with Gasteiger partial charge in [-0.05, 0) is 65.5 Å². The molecule has 0 spiro atoms. The van der Waals surface area contributed by atoms with E-state index in [0.717, 1.165) is 0 Å². The van der Waals surface area contributed by atoms with Crippen molar-refractivity contribution in [3.63, 3.8) is 0 Å². The van der Waals surface area contributed by atoms with Crippen molar-refractivity contribution < 1.29 is 66.3 Å². The Morgan fingerprint density at radius 3 is 1.22 bits per heavy atom. The molecular weight excluding hydrogens is 767 g/mol. The monoisotopic (exact) mass is 821 g/mol. The summed E-state index contributed by atoms with van der Waals surface area (Å²) >= 11 is 0. The zero-order valence-corrected chi connectivity index (χ0v) is 31.9. The van der Waals surface area contributed by atoms with Crippen molar-refractivity contribution in [3.8, 4) is 0 Å². The molecule has 0 aliphatic carbocycles. The number of rotatable bonds is 24. The van der Waals surface area contributed by atoms with Gasteiger partial charge >= 0.3 is 17.1 Å². The van der Waals surface area contributed by atoms with Crippen LogP contribution in [0.1, 0.15) is 63.8 Å². The van der Waals surface area contributed by atoms with Gasteiger partial charge in [-0.1, -0.05) is 0 Å². The van der Waals surface area contributed by atoms with Crippen LogP contribution in [-0.4, -0.2) is 127 Å². The van der Waals surface area contributed by atoms with Gasteiger partial charge in [0, 0.05) is 36.6 Å². The van der Waals surface area contributed by atoms with Crippen LogP contribution < -0.4 is 54.4 Å². The second kappa shape index (κ2) is 27.2. The molecular formula is C32H54MnN12O10. The number of H-pyrrole nitrogens is 2. The largest absolute Gasteiger partial charge is 2.00 e. The first-order valence-corrected chi connectivity index (χ1v) is 17.4. The van der Waals surface area contributed by atoms with Crippen LogP contribution in [0.15, 0.2) is 25.0 Å². The molecule has 16 N–H and O–H groups in total. The van der Waals surface area contributed by atoms with E-state index in [1.54, 1.807) is 0 Å². The molecule has 0 aliphatic rings. The molecule has 4 amide bonds. The van der Waals surface area contributed by atoms with Crippen LogP contribution >= 0.6 is 0 Å². The Morgan fingerprint density at radius 2 is 0.964 bits per heavy atom. The molecule has 2 aromatic heterocycles. The standard InChI is InChI=1S/2C16H28N6O5.Mn/c2*1-9(23)13(18)15(25)22-12(6-10-7-19-8-20-10)14(24)21-11(16(26)27)4-2-3-5-17;/h2*7-9,11-13,23H,2-6,17-18H2,1H3,(H,19,20)(H,21,24)(H,22,25)(H,26,27);/q;;+2/p-2/t2*9-,11+,12+,13+;/m11./s1. The maximum Gasteiger partial charge on any atom is 2.00 e. The summed E-state index contributed by atoms with van der Waals surface area (Å²) in [7, 11) is 0. The van der Waals surface area contributed by atoms with Crippen molar-refractivity contribution in [2.24, 2.45) is 22.9 Å². The molecule has 2 rings (SSSR count). The first-order chi connectivity index (χ1) is 25.5. The molecule has 22 nitrogen and oxygen atoms in total. The number of nitrogens with zero attached hydrogens (tertiary/aromatic N) is 2. The summed E-state index contributed by atoms with van der Waals surface area (Å²) in [6, 6.07) is -7.11. The van der Waals surface area contributed by atoms with Gasteiger partial charge in [-0.15, -0.1) is 0 Å². The minimum absolute atomic E-state index is 0. The van der Waals surface area contributed by atoms with Gasteiger partial charge in [-0.2, -0.15) is 0 Å². The molecule has 0 saturated heterocycles. The number of carboxylic acid groups (broad SMARTS) is 2. The van der Waals surface area contributed by atoms with E-state index in [2.05, 4.69) is 41.2 Å². The number of carboxylic acids is 2. The number of aliphatic hydroxyl groups excluding tert-OH is 2. The molecule has 8 atom stereocenters. The van der Waals surface area contributed by atoms with Gasteiger partial charge in [-0.25, -0.2) is 9.97 Å². The summed E-state index contributed by atoms with van der Waals surface area (Å²) < 4.78 is 0. The van der Waals surface area contributed by atoms with E-state index < -0.39 is 84.0 Å². The van der Waals surface area contributed by atoms with E-state index in [1.165, 1.54) is 38.9 Å². The summed E-state index contributed by atoms with van der Waals surface area (Å²) in [5, 5.41) is 51.0. The molecule has 1 radical (unpaired) electrons. The number of amides is 4. The number of unbranched alkanes of at least 4 members (excludes halogenated alkanes) is 2. The fraction of sp³-hybridized carbons (Fsp3) is 0.625. The van der Waals surface area contributed by atoms with Gasteiger partial charge in [0.1, 0.15) is 24.2 Å². The summed E-state index contributed by atoms with van der Waals surface area (Å²) in [5.74, 6) is -5.74. The van der Waals surface area contributed by atoms with Crippen LogP contribution in [0.3, 0.4) is 0 Å². The number of hydrogen-bond donors (Lipinski definition) is 12. The third-order valence-corrected chi connectivity index (χ3v) is 7.96. The molecule has 0 saturated carbocycles. The first kappa shape index (κ1) is 50.5. The van der Waals surface area contributed by atoms with Crippen LogP contribution in [0.4, 0.5) is 0 Å². The van der Waals surface area contributed by atoms with Crippen molar-refractivity contribution >= 4 is 35.6 Å². The van der Waals surface area contributed by atoms with Crippen molar-refractivity contribution in [1.82, 2.24) is 41.2 Å². The fourth-order valence-corrected chi connectivity index (χ4v) is 4.65. The first-order valence-electron chi connectivity index (χ1n) is 17.4. The number of carbonyl (C=O) groups excluding carboxylic acids is 6. The number of hydrogen-bond acceptors (Lipinski definition) is 16. The number of aliphatic hydroxyl groups is 2. The Hall–Kier alpha value is -4.48. The molecule has 0 bridgehead atoms. The Morgan fingerprint density at radius 1 is 0.636 bits per heavy atom. The Labute approximate surface area is 328 Å². The number of aromatic amines is 2. The van der Waals surface area contributed by atoms with Gasteiger partial charge in [0.15, 0.2) is 0 Å². The number of imidazole rings is 2. The normalized spacial score (nSPS) is 15.1. The van der Waals surface area contributed by atoms with Crippen LogP contribution in [0.5, 0.6) is 0 Å². The van der Waals surface area contributed by atoms with E-state index >= 15 is 0 Å². The van der Waals surface area contributed by atoms with Crippen LogP contribution in [0.2, 0.25) is 0 Å². The SMILES string of the molecule is C[C@@H](O)[C@H](N)C(=O)N[C@@H](Cc1cnc[nH]1)C(=O)N[C@@H](CCCCN)C(=O)[O-].C[C@@H](O)[C@H](N)C(=O)N[C@@H](Cc1cnc[nH]1)C(=O)N[C@@H](CCCCN)C(=O)[O-].[Mn+2]. The van der Waals surface area contributed by atoms with Crippen molar-refractivity contribution in [2.45, 2.75) is 114 Å². The zero-order chi connectivity index (χ0) is 40.8. The maximum atomic E-state index is 12.6. The molecule has 0 fully saturated rings. The van der Waals surface area contributed by atoms with Crippen molar-refractivity contribution in [1.29, 1.82) is 0 Å². The quantitative estimate of drug-likeness (QED) is 0.0346.